The molecule has 2 nitrogen and oxygen atoms in total. The van der Waals surface area contributed by atoms with Crippen LogP contribution in [-0.2, 0) is 4.79 Å². The first kappa shape index (κ1) is 12.4. The highest BCUT2D eigenvalue weighted by molar-refractivity contribution is 6.33. The molecular weight excluding hydrogens is 234 g/mol. The second-order valence-electron chi connectivity index (χ2n) is 4.89. The third kappa shape index (κ3) is 2.32. The topological polar surface area (TPSA) is 20.3 Å². The maximum atomic E-state index is 11.7. The predicted molar refractivity (Wildman–Crippen MR) is 71.8 cm³/mol. The van der Waals surface area contributed by atoms with Crippen LogP contribution in [0, 0.1) is 12.8 Å². The zero-order chi connectivity index (χ0) is 12.6. The average Bonchev–Trinajstić information content (AvgIpc) is 2.30. The largest absolute Gasteiger partial charge is 0.366 e. The van der Waals surface area contributed by atoms with Gasteiger partial charge < -0.3 is 4.90 Å². The second kappa shape index (κ2) is 4.69. The number of benzene rings is 1. The SMILES string of the molecule is Cc1ccc(Cl)c(N2CCC(=O)C(C)C2C)c1. The van der Waals surface area contributed by atoms with Gasteiger partial charge >= 0.3 is 0 Å². The quantitative estimate of drug-likeness (QED) is 0.762. The van der Waals surface area contributed by atoms with Crippen molar-refractivity contribution in [2.24, 2.45) is 5.92 Å². The zero-order valence-corrected chi connectivity index (χ0v) is 11.3. The van der Waals surface area contributed by atoms with E-state index in [-0.39, 0.29) is 12.0 Å². The van der Waals surface area contributed by atoms with Crippen LogP contribution < -0.4 is 4.90 Å². The van der Waals surface area contributed by atoms with Crippen molar-refractivity contribution >= 4 is 23.1 Å². The van der Waals surface area contributed by atoms with E-state index in [0.717, 1.165) is 17.3 Å². The van der Waals surface area contributed by atoms with Crippen LogP contribution in [0.5, 0.6) is 0 Å². The predicted octanol–water partition coefficient (Wildman–Crippen LogP) is 3.45. The number of Topliss-reactive ketones (excluding diaryl/α,β-unsaturated/α-hetero) is 1. The minimum absolute atomic E-state index is 0.0836. The molecule has 2 rings (SSSR count). The Morgan fingerprint density at radius 2 is 2.06 bits per heavy atom. The number of piperidine rings is 1. The zero-order valence-electron chi connectivity index (χ0n) is 10.5. The Morgan fingerprint density at radius 3 is 2.76 bits per heavy atom. The molecule has 0 bridgehead atoms. The summed E-state index contributed by atoms with van der Waals surface area (Å²) >= 11 is 6.25. The van der Waals surface area contributed by atoms with Gasteiger partial charge in [-0.15, -0.1) is 0 Å². The van der Waals surface area contributed by atoms with E-state index in [2.05, 4.69) is 24.8 Å². The Morgan fingerprint density at radius 1 is 1.35 bits per heavy atom. The van der Waals surface area contributed by atoms with Crippen molar-refractivity contribution in [3.8, 4) is 0 Å². The number of hydrogen-bond acceptors (Lipinski definition) is 2. The summed E-state index contributed by atoms with van der Waals surface area (Å²) in [5, 5.41) is 0.768. The minimum atomic E-state index is 0.0836. The van der Waals surface area contributed by atoms with E-state index in [1.807, 2.05) is 19.1 Å². The summed E-state index contributed by atoms with van der Waals surface area (Å²) in [4.78, 5) is 13.9. The highest BCUT2D eigenvalue weighted by atomic mass is 35.5. The summed E-state index contributed by atoms with van der Waals surface area (Å²) in [5.74, 6) is 0.442. The Balaban J connectivity index is 2.33. The molecule has 1 saturated heterocycles. The van der Waals surface area contributed by atoms with Crippen LogP contribution >= 0.6 is 11.6 Å². The molecule has 0 spiro atoms. The van der Waals surface area contributed by atoms with Crippen LogP contribution in [0.3, 0.4) is 0 Å². The molecule has 92 valence electrons. The van der Waals surface area contributed by atoms with Crippen LogP contribution in [0.1, 0.15) is 25.8 Å². The van der Waals surface area contributed by atoms with Crippen molar-refractivity contribution in [3.05, 3.63) is 28.8 Å². The van der Waals surface area contributed by atoms with Gasteiger partial charge in [-0.25, -0.2) is 0 Å². The fourth-order valence-electron chi connectivity index (χ4n) is 2.38. The fraction of sp³-hybridized carbons (Fsp3) is 0.500. The number of anilines is 1. The third-order valence-corrected chi connectivity index (χ3v) is 4.05. The monoisotopic (exact) mass is 251 g/mol. The van der Waals surface area contributed by atoms with Gasteiger partial charge in [0.1, 0.15) is 5.78 Å². The van der Waals surface area contributed by atoms with E-state index < -0.39 is 0 Å². The first-order valence-electron chi connectivity index (χ1n) is 6.06. The summed E-state index contributed by atoms with van der Waals surface area (Å²) in [5.41, 5.74) is 2.25. The summed E-state index contributed by atoms with van der Waals surface area (Å²) in [6, 6.07) is 6.26. The summed E-state index contributed by atoms with van der Waals surface area (Å²) in [6.45, 7) is 6.93. The number of rotatable bonds is 1. The van der Waals surface area contributed by atoms with Gasteiger partial charge in [-0.2, -0.15) is 0 Å². The maximum Gasteiger partial charge on any atom is 0.139 e. The minimum Gasteiger partial charge on any atom is -0.366 e. The molecule has 2 unspecified atom stereocenters. The van der Waals surface area contributed by atoms with Crippen LogP contribution in [0.2, 0.25) is 5.02 Å². The highest BCUT2D eigenvalue weighted by Crippen LogP contribution is 2.32. The normalized spacial score (nSPS) is 25.2. The van der Waals surface area contributed by atoms with Gasteiger partial charge in [-0.05, 0) is 31.5 Å². The smallest absolute Gasteiger partial charge is 0.139 e. The van der Waals surface area contributed by atoms with Crippen LogP contribution in [0.25, 0.3) is 0 Å². The van der Waals surface area contributed by atoms with E-state index in [1.54, 1.807) is 0 Å². The molecule has 1 aromatic rings. The van der Waals surface area contributed by atoms with E-state index >= 15 is 0 Å². The summed E-state index contributed by atoms with van der Waals surface area (Å²) in [7, 11) is 0. The lowest BCUT2D eigenvalue weighted by atomic mass is 9.90. The first-order chi connectivity index (χ1) is 8.00. The van der Waals surface area contributed by atoms with Gasteiger partial charge in [-0.3, -0.25) is 4.79 Å². The van der Waals surface area contributed by atoms with E-state index in [4.69, 9.17) is 11.6 Å². The molecular formula is C14H18ClNO. The van der Waals surface area contributed by atoms with Gasteiger partial charge in [0.2, 0.25) is 0 Å². The lowest BCUT2D eigenvalue weighted by molar-refractivity contribution is -0.123. The molecule has 3 heteroatoms. The number of carbonyl (C=O) groups is 1. The van der Waals surface area contributed by atoms with Crippen molar-refractivity contribution in [2.45, 2.75) is 33.2 Å². The van der Waals surface area contributed by atoms with E-state index in [1.165, 1.54) is 5.56 Å². The molecule has 0 N–H and O–H groups in total. The molecule has 0 radical (unpaired) electrons. The standard InChI is InChI=1S/C14H18ClNO/c1-9-4-5-12(15)13(8-9)16-7-6-14(17)10(2)11(16)3/h4-5,8,10-11H,6-7H2,1-3H3. The van der Waals surface area contributed by atoms with Crippen molar-refractivity contribution in [3.63, 3.8) is 0 Å². The molecule has 0 aromatic heterocycles. The van der Waals surface area contributed by atoms with Gasteiger partial charge in [0.05, 0.1) is 10.7 Å². The van der Waals surface area contributed by atoms with Crippen molar-refractivity contribution < 1.29 is 4.79 Å². The lowest BCUT2D eigenvalue weighted by Gasteiger charge is -2.39. The maximum absolute atomic E-state index is 11.7. The molecule has 0 aliphatic carbocycles. The number of ketones is 1. The molecule has 1 heterocycles. The number of carbonyl (C=O) groups excluding carboxylic acids is 1. The number of nitrogens with zero attached hydrogens (tertiary/aromatic N) is 1. The number of halogens is 1. The molecule has 2 atom stereocenters. The van der Waals surface area contributed by atoms with E-state index in [0.29, 0.717) is 12.2 Å². The first-order valence-corrected chi connectivity index (χ1v) is 6.44. The Kier molecular flexibility index (Phi) is 3.43. The van der Waals surface area contributed by atoms with Crippen LogP contribution in [-0.4, -0.2) is 18.4 Å². The third-order valence-electron chi connectivity index (χ3n) is 3.73. The molecule has 0 amide bonds. The summed E-state index contributed by atoms with van der Waals surface area (Å²) < 4.78 is 0. The van der Waals surface area contributed by atoms with Gasteiger partial charge in [0, 0.05) is 24.9 Å². The van der Waals surface area contributed by atoms with Crippen molar-refractivity contribution in [2.75, 3.05) is 11.4 Å². The molecule has 1 aliphatic heterocycles. The summed E-state index contributed by atoms with van der Waals surface area (Å²) in [6.07, 6.45) is 0.621. The number of aryl methyl sites for hydroxylation is 1. The molecule has 17 heavy (non-hydrogen) atoms. The average molecular weight is 252 g/mol. The van der Waals surface area contributed by atoms with Crippen molar-refractivity contribution in [1.29, 1.82) is 0 Å². The molecule has 1 fully saturated rings. The molecule has 1 aromatic carbocycles. The number of hydrogen-bond donors (Lipinski definition) is 0. The van der Waals surface area contributed by atoms with E-state index in [9.17, 15) is 4.79 Å². The molecule has 0 saturated carbocycles. The lowest BCUT2D eigenvalue weighted by Crippen LogP contribution is -2.47. The Hall–Kier alpha value is -1.02. The fourth-order valence-corrected chi connectivity index (χ4v) is 2.61. The van der Waals surface area contributed by atoms with Crippen LogP contribution in [0.15, 0.2) is 18.2 Å². The van der Waals surface area contributed by atoms with Crippen LogP contribution in [0.4, 0.5) is 5.69 Å². The van der Waals surface area contributed by atoms with Gasteiger partial charge in [-0.1, -0.05) is 24.6 Å². The van der Waals surface area contributed by atoms with Crippen molar-refractivity contribution in [1.82, 2.24) is 0 Å². The highest BCUT2D eigenvalue weighted by Gasteiger charge is 2.31. The Bertz CT molecular complexity index is 444. The Labute approximate surface area is 108 Å². The second-order valence-corrected chi connectivity index (χ2v) is 5.30. The van der Waals surface area contributed by atoms with Gasteiger partial charge in [0.25, 0.3) is 0 Å². The van der Waals surface area contributed by atoms with Gasteiger partial charge in [0.15, 0.2) is 0 Å². The molecule has 1 aliphatic rings.